The summed E-state index contributed by atoms with van der Waals surface area (Å²) >= 11 is 3.74. The maximum absolute atomic E-state index is 5.73. The summed E-state index contributed by atoms with van der Waals surface area (Å²) in [7, 11) is -1.33. The lowest BCUT2D eigenvalue weighted by Crippen LogP contribution is -2.39. The van der Waals surface area contributed by atoms with Crippen LogP contribution in [0.3, 0.4) is 0 Å². The van der Waals surface area contributed by atoms with Gasteiger partial charge in [0.15, 0.2) is 0 Å². The number of unbranched alkanes of at least 4 members (excludes halogenated alkanes) is 3. The first-order chi connectivity index (χ1) is 8.91. The van der Waals surface area contributed by atoms with Crippen LogP contribution in [-0.4, -0.2) is 8.07 Å². The summed E-state index contributed by atoms with van der Waals surface area (Å²) in [5, 5.41) is 1.43. The predicted molar refractivity (Wildman–Crippen MR) is 92.9 cm³/mol. The molecule has 0 saturated heterocycles. The average Bonchev–Trinajstić information content (AvgIpc) is 2.33. The van der Waals surface area contributed by atoms with Crippen LogP contribution in [0.15, 0.2) is 16.6 Å². The molecule has 0 aliphatic rings. The number of rotatable bonds is 6. The van der Waals surface area contributed by atoms with Crippen LogP contribution in [0, 0.1) is 12.3 Å². The molecule has 19 heavy (non-hydrogen) atoms. The van der Waals surface area contributed by atoms with E-state index >= 15 is 0 Å². The van der Waals surface area contributed by atoms with Gasteiger partial charge in [0.1, 0.15) is 0 Å². The van der Waals surface area contributed by atoms with Crippen LogP contribution in [-0.2, 0) is 6.42 Å². The monoisotopic (exact) mass is 336 g/mol. The quantitative estimate of drug-likeness (QED) is 0.385. The molecule has 1 rings (SSSR count). The first-order valence-corrected chi connectivity index (χ1v) is 11.5. The van der Waals surface area contributed by atoms with Crippen molar-refractivity contribution in [2.45, 2.75) is 58.7 Å². The molecule has 0 aliphatic heterocycles. The molecular formula is C17H25BrSi. The van der Waals surface area contributed by atoms with Gasteiger partial charge in [-0.25, -0.2) is 0 Å². The van der Waals surface area contributed by atoms with Crippen molar-refractivity contribution >= 4 is 29.2 Å². The maximum atomic E-state index is 5.73. The highest BCUT2D eigenvalue weighted by atomic mass is 79.9. The Labute approximate surface area is 128 Å². The smallest absolute Gasteiger partial charge is 0.0791 e. The van der Waals surface area contributed by atoms with Gasteiger partial charge in [-0.3, -0.25) is 0 Å². The van der Waals surface area contributed by atoms with Crippen LogP contribution in [0.2, 0.25) is 19.6 Å². The van der Waals surface area contributed by atoms with Crippen molar-refractivity contribution in [1.82, 2.24) is 0 Å². The Morgan fingerprint density at radius 3 is 2.37 bits per heavy atom. The summed E-state index contributed by atoms with van der Waals surface area (Å²) in [5.41, 5.74) is 2.41. The highest BCUT2D eigenvalue weighted by Gasteiger charge is 2.21. The highest BCUT2D eigenvalue weighted by molar-refractivity contribution is 9.10. The molecule has 104 valence electrons. The van der Waals surface area contributed by atoms with E-state index in [1.54, 1.807) is 0 Å². The molecule has 0 heterocycles. The van der Waals surface area contributed by atoms with Crippen LogP contribution >= 0.6 is 15.9 Å². The number of terminal acetylenes is 1. The minimum absolute atomic E-state index is 1.08. The summed E-state index contributed by atoms with van der Waals surface area (Å²) in [6.07, 6.45) is 12.0. The molecule has 0 unspecified atom stereocenters. The summed E-state index contributed by atoms with van der Waals surface area (Å²) in [5.74, 6) is 2.89. The van der Waals surface area contributed by atoms with Gasteiger partial charge in [0.2, 0.25) is 0 Å². The molecule has 0 spiro atoms. The first kappa shape index (κ1) is 16.5. The van der Waals surface area contributed by atoms with E-state index in [1.807, 2.05) is 0 Å². The fourth-order valence-corrected chi connectivity index (χ4v) is 5.95. The average molecular weight is 337 g/mol. The van der Waals surface area contributed by atoms with Gasteiger partial charge in [-0.2, -0.15) is 0 Å². The molecule has 0 radical (unpaired) electrons. The third kappa shape index (κ3) is 4.51. The van der Waals surface area contributed by atoms with Gasteiger partial charge in [0.25, 0.3) is 0 Å². The molecule has 0 atom stereocenters. The van der Waals surface area contributed by atoms with Crippen LogP contribution < -0.4 is 5.19 Å². The van der Waals surface area contributed by atoms with Crippen molar-refractivity contribution in [3.05, 3.63) is 27.7 Å². The Hall–Kier alpha value is -0.523. The summed E-state index contributed by atoms with van der Waals surface area (Å²) in [4.78, 5) is 0. The summed E-state index contributed by atoms with van der Waals surface area (Å²) in [6, 6.07) is 4.53. The van der Waals surface area contributed by atoms with Gasteiger partial charge >= 0.3 is 0 Å². The molecular weight excluding hydrogens is 312 g/mol. The second kappa shape index (κ2) is 7.31. The lowest BCUT2D eigenvalue weighted by atomic mass is 10.0. The Bertz CT molecular complexity index is 463. The Morgan fingerprint density at radius 2 is 1.84 bits per heavy atom. The van der Waals surface area contributed by atoms with E-state index in [4.69, 9.17) is 6.42 Å². The van der Waals surface area contributed by atoms with Gasteiger partial charge < -0.3 is 0 Å². The number of aryl methyl sites for hydroxylation is 1. The van der Waals surface area contributed by atoms with Crippen molar-refractivity contribution in [3.63, 3.8) is 0 Å². The van der Waals surface area contributed by atoms with Crippen LogP contribution in [0.4, 0.5) is 0 Å². The van der Waals surface area contributed by atoms with Crippen LogP contribution in [0.1, 0.15) is 43.7 Å². The number of benzene rings is 1. The summed E-state index contributed by atoms with van der Waals surface area (Å²) in [6.45, 7) is 9.31. The molecule has 1 aromatic rings. The Kier molecular flexibility index (Phi) is 6.36. The molecule has 0 aromatic heterocycles. The third-order valence-electron chi connectivity index (χ3n) is 3.48. The molecule has 0 saturated carbocycles. The fourth-order valence-electron chi connectivity index (χ4n) is 2.30. The molecule has 0 amide bonds. The summed E-state index contributed by atoms with van der Waals surface area (Å²) < 4.78 is 1.17. The van der Waals surface area contributed by atoms with Crippen molar-refractivity contribution in [2.75, 3.05) is 0 Å². The van der Waals surface area contributed by atoms with Gasteiger partial charge in [0.05, 0.1) is 8.07 Å². The van der Waals surface area contributed by atoms with E-state index < -0.39 is 8.07 Å². The Morgan fingerprint density at radius 1 is 1.16 bits per heavy atom. The third-order valence-corrected chi connectivity index (χ3v) is 6.70. The highest BCUT2D eigenvalue weighted by Crippen LogP contribution is 2.23. The van der Waals surface area contributed by atoms with Gasteiger partial charge in [-0.05, 0) is 39.5 Å². The first-order valence-electron chi connectivity index (χ1n) is 7.20. The van der Waals surface area contributed by atoms with Crippen LogP contribution in [0.5, 0.6) is 0 Å². The van der Waals surface area contributed by atoms with Gasteiger partial charge in [-0.1, -0.05) is 63.9 Å². The van der Waals surface area contributed by atoms with Crippen LogP contribution in [0.25, 0.3) is 0 Å². The van der Waals surface area contributed by atoms with E-state index in [-0.39, 0.29) is 0 Å². The van der Waals surface area contributed by atoms with Gasteiger partial charge in [-0.15, -0.1) is 6.42 Å². The largest absolute Gasteiger partial charge is 0.115 e. The lowest BCUT2D eigenvalue weighted by Gasteiger charge is -2.21. The maximum Gasteiger partial charge on any atom is 0.0791 e. The number of hydrogen-bond donors (Lipinski definition) is 0. The second-order valence-electron chi connectivity index (χ2n) is 6.17. The van der Waals surface area contributed by atoms with Crippen molar-refractivity contribution in [3.8, 4) is 12.3 Å². The second-order valence-corrected chi connectivity index (χ2v) is 12.0. The van der Waals surface area contributed by atoms with E-state index in [0.717, 1.165) is 12.0 Å². The number of halogens is 1. The minimum atomic E-state index is -1.33. The zero-order valence-electron chi connectivity index (χ0n) is 12.6. The molecule has 1 aromatic carbocycles. The van der Waals surface area contributed by atoms with E-state index in [2.05, 4.69) is 60.5 Å². The predicted octanol–water partition coefficient (Wildman–Crippen LogP) is 5.10. The van der Waals surface area contributed by atoms with Crippen molar-refractivity contribution in [2.24, 2.45) is 0 Å². The molecule has 0 aliphatic carbocycles. The van der Waals surface area contributed by atoms with Crippen molar-refractivity contribution in [1.29, 1.82) is 0 Å². The molecule has 0 bridgehead atoms. The van der Waals surface area contributed by atoms with E-state index in [0.29, 0.717) is 0 Å². The minimum Gasteiger partial charge on any atom is -0.115 e. The molecule has 0 N–H and O–H groups in total. The zero-order valence-corrected chi connectivity index (χ0v) is 15.2. The van der Waals surface area contributed by atoms with E-state index in [9.17, 15) is 0 Å². The SMILES string of the molecule is C#Cc1c(CCCCCC)ccc([Si](C)(C)C)c1Br. The zero-order chi connectivity index (χ0) is 14.5. The number of hydrogen-bond acceptors (Lipinski definition) is 0. The standard InChI is InChI=1S/C17H25BrSi/c1-6-8-9-10-11-14-12-13-16(19(3,4)5)17(18)15(14)7-2/h2,12-13H,6,8-11H2,1,3-5H3. The fraction of sp³-hybridized carbons (Fsp3) is 0.529. The molecule has 0 fully saturated rings. The Balaban J connectivity index is 2.97. The molecule has 2 heteroatoms. The normalized spacial score (nSPS) is 11.4. The molecule has 0 nitrogen and oxygen atoms in total. The van der Waals surface area contributed by atoms with E-state index in [1.165, 1.54) is 40.9 Å². The topological polar surface area (TPSA) is 0 Å². The van der Waals surface area contributed by atoms with Gasteiger partial charge in [0, 0.05) is 10.0 Å². The lowest BCUT2D eigenvalue weighted by molar-refractivity contribution is 0.666. The van der Waals surface area contributed by atoms with Crippen molar-refractivity contribution < 1.29 is 0 Å².